The van der Waals surface area contributed by atoms with Crippen molar-refractivity contribution in [3.8, 4) is 5.75 Å². The number of nitrogens with two attached hydrogens (primary N) is 2. The van der Waals surface area contributed by atoms with Crippen molar-refractivity contribution < 1.29 is 23.9 Å². The molecule has 2 aromatic carbocycles. The fraction of sp³-hybridized carbons (Fsp3) is 0.308. The minimum atomic E-state index is -1.07. The number of methoxy groups -OCH3 is 1. The number of hydrogen-bond acceptors (Lipinski definition) is 8. The molecule has 0 aliphatic carbocycles. The van der Waals surface area contributed by atoms with E-state index in [0.717, 1.165) is 29.9 Å². The van der Waals surface area contributed by atoms with Gasteiger partial charge in [0.25, 0.3) is 11.8 Å². The topological polar surface area (TPSA) is 150 Å². The first-order chi connectivity index (χ1) is 17.8. The number of rotatable bonds is 9. The Labute approximate surface area is 218 Å². The van der Waals surface area contributed by atoms with Gasteiger partial charge in [-0.15, -0.1) is 0 Å². The van der Waals surface area contributed by atoms with E-state index >= 15 is 0 Å². The molecular weight excluding hydrogens is 494 g/mol. The Kier molecular flexibility index (Phi) is 8.04. The number of benzene rings is 2. The quantitative estimate of drug-likeness (QED) is 0.390. The molecule has 0 unspecified atom stereocenters. The molecule has 11 heteroatoms. The van der Waals surface area contributed by atoms with Gasteiger partial charge in [0.15, 0.2) is 5.69 Å². The van der Waals surface area contributed by atoms with Crippen LogP contribution in [0.2, 0.25) is 0 Å². The van der Waals surface area contributed by atoms with Crippen LogP contribution in [0.1, 0.15) is 50.2 Å². The van der Waals surface area contributed by atoms with Gasteiger partial charge in [0.2, 0.25) is 5.91 Å². The Hall–Kier alpha value is -3.96. The monoisotopic (exact) mass is 523 g/mol. The highest BCUT2D eigenvalue weighted by molar-refractivity contribution is 7.09. The van der Waals surface area contributed by atoms with Crippen LogP contribution in [0.15, 0.2) is 48.5 Å². The largest absolute Gasteiger partial charge is 0.497 e. The predicted octanol–water partition coefficient (Wildman–Crippen LogP) is 2.82. The third-order valence-electron chi connectivity index (χ3n) is 6.13. The number of primary amides is 1. The summed E-state index contributed by atoms with van der Waals surface area (Å²) in [6.45, 7) is 2.91. The molecule has 1 aliphatic heterocycles. The zero-order chi connectivity index (χ0) is 26.5. The van der Waals surface area contributed by atoms with Crippen molar-refractivity contribution in [2.75, 3.05) is 30.9 Å². The highest BCUT2D eigenvalue weighted by atomic mass is 32.1. The lowest BCUT2D eigenvalue weighted by Gasteiger charge is -2.32. The van der Waals surface area contributed by atoms with Gasteiger partial charge in [-0.25, -0.2) is 0 Å². The summed E-state index contributed by atoms with van der Waals surface area (Å²) in [4.78, 5) is 40.9. The lowest BCUT2D eigenvalue weighted by molar-refractivity contribution is -0.123. The molecule has 37 heavy (non-hydrogen) atoms. The van der Waals surface area contributed by atoms with Gasteiger partial charge < -0.3 is 26.3 Å². The van der Waals surface area contributed by atoms with Gasteiger partial charge in [0.05, 0.1) is 18.9 Å². The summed E-state index contributed by atoms with van der Waals surface area (Å²) >= 11 is 0.756. The van der Waals surface area contributed by atoms with Crippen LogP contribution in [0.4, 0.5) is 11.4 Å². The van der Waals surface area contributed by atoms with E-state index in [0.29, 0.717) is 30.2 Å². The lowest BCUT2D eigenvalue weighted by atomic mass is 10.0. The first kappa shape index (κ1) is 26.1. The molecule has 3 aromatic rings. The van der Waals surface area contributed by atoms with Crippen molar-refractivity contribution in [1.82, 2.24) is 9.69 Å². The average molecular weight is 524 g/mol. The highest BCUT2D eigenvalue weighted by Crippen LogP contribution is 2.34. The molecule has 2 atom stereocenters. The molecule has 1 fully saturated rings. The maximum Gasteiger partial charge on any atom is 0.273 e. The summed E-state index contributed by atoms with van der Waals surface area (Å²) in [5.74, 6) is -1.35. The predicted molar refractivity (Wildman–Crippen MR) is 141 cm³/mol. The summed E-state index contributed by atoms with van der Waals surface area (Å²) in [7, 11) is 1.51. The average Bonchev–Trinajstić information content (AvgIpc) is 3.56. The molecule has 1 aromatic heterocycles. The molecule has 10 nitrogen and oxygen atoms in total. The van der Waals surface area contributed by atoms with Gasteiger partial charge in [-0.3, -0.25) is 19.3 Å². The number of aryl methyl sites for hydroxylation is 1. The van der Waals surface area contributed by atoms with Crippen LogP contribution in [0.25, 0.3) is 0 Å². The maximum absolute atomic E-state index is 14.1. The normalized spacial score (nSPS) is 15.7. The minimum Gasteiger partial charge on any atom is -0.497 e. The molecule has 4 rings (SSSR count). The van der Waals surface area contributed by atoms with Gasteiger partial charge in [0, 0.05) is 24.9 Å². The molecule has 1 aliphatic rings. The SMILES string of the molecule is COc1cccc(N(C(=O)c2snc(C(N)=O)c2N)[C@@H](C(=O)NC[C@@H]2CCCO2)c2ccc(C)cc2)c1. The number of nitrogens with zero attached hydrogens (tertiary/aromatic N) is 2. The second kappa shape index (κ2) is 11.4. The van der Waals surface area contributed by atoms with Crippen LogP contribution in [0.5, 0.6) is 5.75 Å². The van der Waals surface area contributed by atoms with Gasteiger partial charge >= 0.3 is 0 Å². The number of aromatic nitrogens is 1. The molecule has 2 heterocycles. The third-order valence-corrected chi connectivity index (χ3v) is 6.98. The lowest BCUT2D eigenvalue weighted by Crippen LogP contribution is -2.45. The smallest absolute Gasteiger partial charge is 0.273 e. The number of carbonyl (C=O) groups excluding carboxylic acids is 3. The number of carbonyl (C=O) groups is 3. The Bertz CT molecular complexity index is 1290. The number of nitrogens with one attached hydrogen (secondary N) is 1. The van der Waals surface area contributed by atoms with Crippen molar-refractivity contribution in [2.45, 2.75) is 31.9 Å². The fourth-order valence-electron chi connectivity index (χ4n) is 4.17. The van der Waals surface area contributed by atoms with E-state index in [-0.39, 0.29) is 22.4 Å². The molecule has 0 radical (unpaired) electrons. The summed E-state index contributed by atoms with van der Waals surface area (Å²) < 4.78 is 15.0. The van der Waals surface area contributed by atoms with Crippen LogP contribution in [0.3, 0.4) is 0 Å². The molecule has 194 valence electrons. The molecule has 1 saturated heterocycles. The fourth-order valence-corrected chi connectivity index (χ4v) is 4.91. The Balaban J connectivity index is 1.82. The zero-order valence-corrected chi connectivity index (χ0v) is 21.4. The van der Waals surface area contributed by atoms with Crippen molar-refractivity contribution in [1.29, 1.82) is 0 Å². The van der Waals surface area contributed by atoms with Crippen LogP contribution < -0.4 is 26.4 Å². The second-order valence-corrected chi connectivity index (χ2v) is 9.48. The van der Waals surface area contributed by atoms with Crippen LogP contribution in [-0.4, -0.2) is 48.5 Å². The Morgan fingerprint density at radius 3 is 2.62 bits per heavy atom. The Morgan fingerprint density at radius 2 is 2.00 bits per heavy atom. The third kappa shape index (κ3) is 5.73. The maximum atomic E-state index is 14.1. The molecule has 3 amide bonds. The molecule has 5 N–H and O–H groups in total. The van der Waals surface area contributed by atoms with Gasteiger partial charge in [0.1, 0.15) is 16.7 Å². The molecule has 0 spiro atoms. The first-order valence-electron chi connectivity index (χ1n) is 11.8. The van der Waals surface area contributed by atoms with E-state index in [1.54, 1.807) is 36.4 Å². The van der Waals surface area contributed by atoms with Gasteiger partial charge in [-0.2, -0.15) is 4.37 Å². The van der Waals surface area contributed by atoms with E-state index in [1.165, 1.54) is 12.0 Å². The standard InChI is InChI=1S/C26H29N5O5S/c1-15-8-10-16(11-9-15)22(25(33)29-14-19-7-4-12-36-19)31(17-5-3-6-18(13-17)35-2)26(34)23-20(27)21(24(28)32)30-37-23/h3,5-6,8-11,13,19,22H,4,7,12,14,27H2,1-2H3,(H2,28,32)(H,29,33)/t19-,22+/m0/s1. The minimum absolute atomic E-state index is 0.000609. The van der Waals surface area contributed by atoms with E-state index < -0.39 is 23.8 Å². The Morgan fingerprint density at radius 1 is 1.24 bits per heavy atom. The van der Waals surface area contributed by atoms with Crippen LogP contribution in [0, 0.1) is 6.92 Å². The molecule has 0 saturated carbocycles. The van der Waals surface area contributed by atoms with E-state index in [9.17, 15) is 14.4 Å². The molecule has 0 bridgehead atoms. The summed E-state index contributed by atoms with van der Waals surface area (Å²) in [6.07, 6.45) is 1.70. The van der Waals surface area contributed by atoms with Crippen molar-refractivity contribution in [2.24, 2.45) is 5.73 Å². The van der Waals surface area contributed by atoms with Gasteiger partial charge in [-0.05, 0) is 49.0 Å². The van der Waals surface area contributed by atoms with Crippen molar-refractivity contribution >= 4 is 40.6 Å². The zero-order valence-electron chi connectivity index (χ0n) is 20.6. The summed E-state index contributed by atoms with van der Waals surface area (Å²) in [5, 5.41) is 2.95. The van der Waals surface area contributed by atoms with E-state index in [4.69, 9.17) is 20.9 Å². The van der Waals surface area contributed by atoms with Crippen molar-refractivity contribution in [3.63, 3.8) is 0 Å². The number of anilines is 2. The van der Waals surface area contributed by atoms with E-state index in [1.807, 2.05) is 19.1 Å². The van der Waals surface area contributed by atoms with Crippen molar-refractivity contribution in [3.05, 3.63) is 70.2 Å². The summed E-state index contributed by atoms with van der Waals surface area (Å²) in [6, 6.07) is 13.1. The number of ether oxygens (including phenoxy) is 2. The summed E-state index contributed by atoms with van der Waals surface area (Å²) in [5.41, 5.74) is 13.2. The van der Waals surface area contributed by atoms with Crippen LogP contribution in [-0.2, 0) is 9.53 Å². The second-order valence-electron chi connectivity index (χ2n) is 8.71. The highest BCUT2D eigenvalue weighted by Gasteiger charge is 2.36. The van der Waals surface area contributed by atoms with E-state index in [2.05, 4.69) is 9.69 Å². The van der Waals surface area contributed by atoms with Gasteiger partial charge in [-0.1, -0.05) is 35.9 Å². The number of amides is 3. The van der Waals surface area contributed by atoms with Crippen LogP contribution >= 0.6 is 11.5 Å². The first-order valence-corrected chi connectivity index (χ1v) is 12.6. The molecular formula is C26H29N5O5S. The number of hydrogen-bond donors (Lipinski definition) is 3. The number of nitrogen functional groups attached to an aromatic ring is 1.